The number of benzene rings is 1. The molecule has 2 N–H and O–H groups in total. The van der Waals surface area contributed by atoms with Crippen molar-refractivity contribution in [2.75, 3.05) is 20.1 Å². The van der Waals surface area contributed by atoms with Gasteiger partial charge in [0.25, 0.3) is 5.91 Å². The van der Waals surface area contributed by atoms with Gasteiger partial charge in [-0.25, -0.2) is 13.1 Å². The van der Waals surface area contributed by atoms with Gasteiger partial charge in [-0.1, -0.05) is 0 Å². The van der Waals surface area contributed by atoms with Crippen LogP contribution in [0.5, 0.6) is 0 Å². The molecular weight excluding hydrogens is 314 g/mol. The van der Waals surface area contributed by atoms with Gasteiger partial charge in [0.1, 0.15) is 0 Å². The van der Waals surface area contributed by atoms with Crippen molar-refractivity contribution < 1.29 is 13.2 Å². The Balaban J connectivity index is 1.69. The van der Waals surface area contributed by atoms with E-state index in [1.807, 2.05) is 7.05 Å². The lowest BCUT2D eigenvalue weighted by Gasteiger charge is -2.31. The first kappa shape index (κ1) is 16.4. The SMILES string of the molecule is CN(C(=O)c1ccc(S(=O)(=O)NC2CC2)cc1)C1CCNCC1. The summed E-state index contributed by atoms with van der Waals surface area (Å²) in [4.78, 5) is 14.5. The summed E-state index contributed by atoms with van der Waals surface area (Å²) in [5, 5.41) is 3.28. The minimum atomic E-state index is -3.46. The van der Waals surface area contributed by atoms with E-state index in [4.69, 9.17) is 0 Å². The first-order valence-corrected chi connectivity index (χ1v) is 9.56. The minimum absolute atomic E-state index is 0.0593. The van der Waals surface area contributed by atoms with Crippen LogP contribution in [-0.4, -0.2) is 51.4 Å². The lowest BCUT2D eigenvalue weighted by Crippen LogP contribution is -2.43. The van der Waals surface area contributed by atoms with Crippen molar-refractivity contribution in [2.24, 2.45) is 0 Å². The highest BCUT2D eigenvalue weighted by molar-refractivity contribution is 7.89. The maximum Gasteiger partial charge on any atom is 0.253 e. The second kappa shape index (κ2) is 6.59. The quantitative estimate of drug-likeness (QED) is 0.839. The summed E-state index contributed by atoms with van der Waals surface area (Å²) in [7, 11) is -1.65. The molecule has 2 fully saturated rings. The van der Waals surface area contributed by atoms with E-state index in [0.29, 0.717) is 5.56 Å². The molecule has 7 heteroatoms. The van der Waals surface area contributed by atoms with Gasteiger partial charge in [0.15, 0.2) is 0 Å². The van der Waals surface area contributed by atoms with E-state index in [2.05, 4.69) is 10.0 Å². The Labute approximate surface area is 137 Å². The zero-order valence-electron chi connectivity index (χ0n) is 13.3. The van der Waals surface area contributed by atoms with Gasteiger partial charge in [-0.2, -0.15) is 0 Å². The number of piperidine rings is 1. The van der Waals surface area contributed by atoms with Crippen molar-refractivity contribution in [1.29, 1.82) is 0 Å². The van der Waals surface area contributed by atoms with Crippen LogP contribution in [0.15, 0.2) is 29.2 Å². The first-order valence-electron chi connectivity index (χ1n) is 8.07. The summed E-state index contributed by atoms with van der Waals surface area (Å²) in [5.41, 5.74) is 0.524. The zero-order chi connectivity index (χ0) is 16.4. The maximum absolute atomic E-state index is 12.5. The van der Waals surface area contributed by atoms with E-state index in [0.717, 1.165) is 38.8 Å². The third kappa shape index (κ3) is 3.91. The first-order chi connectivity index (χ1) is 11.0. The van der Waals surface area contributed by atoms with Crippen molar-refractivity contribution in [1.82, 2.24) is 14.9 Å². The number of sulfonamides is 1. The van der Waals surface area contributed by atoms with Crippen LogP contribution < -0.4 is 10.0 Å². The molecule has 0 spiro atoms. The fourth-order valence-electron chi connectivity index (χ4n) is 2.83. The molecule has 1 aromatic carbocycles. The van der Waals surface area contributed by atoms with Crippen LogP contribution in [0.2, 0.25) is 0 Å². The number of nitrogens with one attached hydrogen (secondary N) is 2. The van der Waals surface area contributed by atoms with Gasteiger partial charge < -0.3 is 10.2 Å². The summed E-state index contributed by atoms with van der Waals surface area (Å²) in [6, 6.07) is 6.53. The molecule has 2 aliphatic rings. The highest BCUT2D eigenvalue weighted by Crippen LogP contribution is 2.22. The molecule has 1 aliphatic carbocycles. The molecule has 0 aromatic heterocycles. The fourth-order valence-corrected chi connectivity index (χ4v) is 4.13. The topological polar surface area (TPSA) is 78.5 Å². The third-order valence-electron chi connectivity index (χ3n) is 4.49. The summed E-state index contributed by atoms with van der Waals surface area (Å²) in [5.74, 6) is -0.0593. The molecule has 126 valence electrons. The molecule has 1 amide bonds. The zero-order valence-corrected chi connectivity index (χ0v) is 14.1. The molecule has 6 nitrogen and oxygen atoms in total. The van der Waals surface area contributed by atoms with Crippen LogP contribution in [0.3, 0.4) is 0 Å². The molecule has 1 saturated carbocycles. The van der Waals surface area contributed by atoms with Crippen molar-refractivity contribution in [3.8, 4) is 0 Å². The molecule has 0 radical (unpaired) electrons. The number of carbonyl (C=O) groups excluding carboxylic acids is 1. The molecular formula is C16H23N3O3S. The molecule has 1 heterocycles. The Morgan fingerprint density at radius 3 is 2.30 bits per heavy atom. The van der Waals surface area contributed by atoms with Crippen LogP contribution in [0.4, 0.5) is 0 Å². The van der Waals surface area contributed by atoms with Gasteiger partial charge in [-0.15, -0.1) is 0 Å². The van der Waals surface area contributed by atoms with Crippen molar-refractivity contribution >= 4 is 15.9 Å². The van der Waals surface area contributed by atoms with E-state index in [9.17, 15) is 13.2 Å². The van der Waals surface area contributed by atoms with Crippen LogP contribution >= 0.6 is 0 Å². The fraction of sp³-hybridized carbons (Fsp3) is 0.562. The van der Waals surface area contributed by atoms with E-state index in [-0.39, 0.29) is 22.9 Å². The molecule has 0 bridgehead atoms. The van der Waals surface area contributed by atoms with E-state index in [1.165, 1.54) is 12.1 Å². The monoisotopic (exact) mass is 337 g/mol. The number of rotatable bonds is 5. The Morgan fingerprint density at radius 2 is 1.74 bits per heavy atom. The predicted octanol–water partition coefficient (Wildman–Crippen LogP) is 0.951. The lowest BCUT2D eigenvalue weighted by atomic mass is 10.0. The average molecular weight is 337 g/mol. The molecule has 3 rings (SSSR count). The smallest absolute Gasteiger partial charge is 0.253 e. The number of carbonyl (C=O) groups is 1. The second-order valence-corrected chi connectivity index (χ2v) is 8.03. The van der Waals surface area contributed by atoms with E-state index >= 15 is 0 Å². The predicted molar refractivity (Wildman–Crippen MR) is 87.8 cm³/mol. The molecule has 1 aromatic rings. The summed E-state index contributed by atoms with van der Waals surface area (Å²) in [6.45, 7) is 1.85. The van der Waals surface area contributed by atoms with Crippen LogP contribution in [-0.2, 0) is 10.0 Å². The second-order valence-electron chi connectivity index (χ2n) is 6.32. The molecule has 0 atom stereocenters. The maximum atomic E-state index is 12.5. The number of hydrogen-bond acceptors (Lipinski definition) is 4. The molecule has 1 saturated heterocycles. The number of amides is 1. The summed E-state index contributed by atoms with van der Waals surface area (Å²) in [6.07, 6.45) is 3.69. The average Bonchev–Trinajstić information content (AvgIpc) is 3.38. The van der Waals surface area contributed by atoms with Crippen molar-refractivity contribution in [3.05, 3.63) is 29.8 Å². The molecule has 23 heavy (non-hydrogen) atoms. The number of hydrogen-bond donors (Lipinski definition) is 2. The third-order valence-corrected chi connectivity index (χ3v) is 6.02. The normalized spacial score (nSPS) is 19.5. The van der Waals surface area contributed by atoms with Gasteiger partial charge >= 0.3 is 0 Å². The molecule has 1 aliphatic heterocycles. The molecule has 0 unspecified atom stereocenters. The Bertz CT molecular complexity index is 662. The number of nitrogens with zero attached hydrogens (tertiary/aromatic N) is 1. The summed E-state index contributed by atoms with van der Waals surface area (Å²) >= 11 is 0. The van der Waals surface area contributed by atoms with Gasteiger partial charge in [-0.05, 0) is 63.0 Å². The van der Waals surface area contributed by atoms with Crippen LogP contribution in [0.1, 0.15) is 36.0 Å². The Kier molecular flexibility index (Phi) is 4.70. The van der Waals surface area contributed by atoms with E-state index < -0.39 is 10.0 Å². The Morgan fingerprint density at radius 1 is 1.13 bits per heavy atom. The highest BCUT2D eigenvalue weighted by atomic mass is 32.2. The van der Waals surface area contributed by atoms with Gasteiger partial charge in [0.05, 0.1) is 4.90 Å². The van der Waals surface area contributed by atoms with Crippen LogP contribution in [0.25, 0.3) is 0 Å². The van der Waals surface area contributed by atoms with Crippen molar-refractivity contribution in [2.45, 2.75) is 42.7 Å². The Hall–Kier alpha value is -1.44. The van der Waals surface area contributed by atoms with Crippen molar-refractivity contribution in [3.63, 3.8) is 0 Å². The van der Waals surface area contributed by atoms with Gasteiger partial charge in [-0.3, -0.25) is 4.79 Å². The van der Waals surface area contributed by atoms with Crippen LogP contribution in [0, 0.1) is 0 Å². The standard InChI is InChI=1S/C16H23N3O3S/c1-19(14-8-10-17-11-9-14)16(20)12-2-6-15(7-3-12)23(21,22)18-13-4-5-13/h2-3,6-7,13-14,17-18H,4-5,8-11H2,1H3. The van der Waals surface area contributed by atoms with Gasteiger partial charge in [0, 0.05) is 24.7 Å². The van der Waals surface area contributed by atoms with Gasteiger partial charge in [0.2, 0.25) is 10.0 Å². The largest absolute Gasteiger partial charge is 0.339 e. The van der Waals surface area contributed by atoms with E-state index in [1.54, 1.807) is 17.0 Å². The summed E-state index contributed by atoms with van der Waals surface area (Å²) < 4.78 is 26.9. The minimum Gasteiger partial charge on any atom is -0.339 e. The highest BCUT2D eigenvalue weighted by Gasteiger charge is 2.28. The lowest BCUT2D eigenvalue weighted by molar-refractivity contribution is 0.0703.